The molecule has 0 spiro atoms. The van der Waals surface area contributed by atoms with Crippen LogP contribution in [0.5, 0.6) is 0 Å². The number of alkyl halides is 3. The first-order valence-corrected chi connectivity index (χ1v) is 6.82. The van der Waals surface area contributed by atoms with Crippen LogP contribution in [0.3, 0.4) is 0 Å². The van der Waals surface area contributed by atoms with Crippen molar-refractivity contribution < 1.29 is 22.7 Å². The molecule has 0 bridgehead atoms. The third-order valence-corrected chi connectivity index (χ3v) is 3.18. The molecular weight excluding hydrogens is 281 g/mol. The third-order valence-electron chi connectivity index (χ3n) is 3.18. The third kappa shape index (κ3) is 4.30. The van der Waals surface area contributed by atoms with E-state index < -0.39 is 23.3 Å². The first kappa shape index (κ1) is 17.7. The number of rotatable bonds is 4. The van der Waals surface area contributed by atoms with Crippen LogP contribution >= 0.6 is 0 Å². The van der Waals surface area contributed by atoms with E-state index in [1.807, 2.05) is 20.8 Å². The molecule has 0 aliphatic carbocycles. The highest BCUT2D eigenvalue weighted by Crippen LogP contribution is 2.32. The molecule has 0 aromatic heterocycles. The predicted molar refractivity (Wildman–Crippen MR) is 75.4 cm³/mol. The van der Waals surface area contributed by atoms with Crippen molar-refractivity contribution in [3.63, 3.8) is 0 Å². The van der Waals surface area contributed by atoms with Gasteiger partial charge < -0.3 is 4.74 Å². The minimum atomic E-state index is -4.41. The average Bonchev–Trinajstić information content (AvgIpc) is 2.32. The number of Topliss-reactive ketones (excluding diaryl/α,β-unsaturated/α-hetero) is 1. The Bertz CT molecular complexity index is 513. The molecule has 0 saturated heterocycles. The molecule has 1 atom stereocenters. The molecule has 0 saturated carbocycles. The summed E-state index contributed by atoms with van der Waals surface area (Å²) in [5.41, 5.74) is -0.595. The number of carbonyl (C=O) groups is 1. The summed E-state index contributed by atoms with van der Waals surface area (Å²) in [7, 11) is 0. The van der Waals surface area contributed by atoms with Crippen LogP contribution in [0.15, 0.2) is 18.2 Å². The molecule has 21 heavy (non-hydrogen) atoms. The van der Waals surface area contributed by atoms with Crippen molar-refractivity contribution in [2.24, 2.45) is 5.41 Å². The Hall–Kier alpha value is -1.36. The fourth-order valence-corrected chi connectivity index (χ4v) is 2.14. The van der Waals surface area contributed by atoms with E-state index in [9.17, 15) is 18.0 Å². The summed E-state index contributed by atoms with van der Waals surface area (Å²) in [6.07, 6.45) is -5.09. The molecular formula is C16H21F3O2. The lowest BCUT2D eigenvalue weighted by molar-refractivity contribution is -0.137. The van der Waals surface area contributed by atoms with Gasteiger partial charge in [0.2, 0.25) is 0 Å². The highest BCUT2D eigenvalue weighted by atomic mass is 19.4. The number of hydrogen-bond donors (Lipinski definition) is 0. The van der Waals surface area contributed by atoms with Gasteiger partial charge in [0.25, 0.3) is 0 Å². The summed E-state index contributed by atoms with van der Waals surface area (Å²) in [5.74, 6) is -0.282. The molecule has 0 fully saturated rings. The lowest BCUT2D eigenvalue weighted by Crippen LogP contribution is -2.37. The molecule has 0 amide bonds. The maximum atomic E-state index is 12.7. The van der Waals surface area contributed by atoms with Crippen LogP contribution in [0.1, 0.15) is 49.2 Å². The number of hydrogen-bond acceptors (Lipinski definition) is 2. The second kappa shape index (κ2) is 6.18. The zero-order valence-corrected chi connectivity index (χ0v) is 13.0. The normalized spacial score (nSPS) is 14.1. The fraction of sp³-hybridized carbons (Fsp3) is 0.562. The maximum Gasteiger partial charge on any atom is 0.416 e. The molecule has 2 nitrogen and oxygen atoms in total. The SMILES string of the molecule is CCOC(C(=O)c1ccc(C(F)(F)F)cc1C)C(C)(C)C. The van der Waals surface area contributed by atoms with Gasteiger partial charge in [0.05, 0.1) is 5.56 Å². The zero-order chi connectivity index (χ0) is 16.4. The van der Waals surface area contributed by atoms with Gasteiger partial charge in [0, 0.05) is 12.2 Å². The van der Waals surface area contributed by atoms with Gasteiger partial charge in [-0.05, 0) is 37.0 Å². The summed E-state index contributed by atoms with van der Waals surface area (Å²) < 4.78 is 43.5. The van der Waals surface area contributed by atoms with Crippen molar-refractivity contribution >= 4 is 5.78 Å². The van der Waals surface area contributed by atoms with Gasteiger partial charge in [-0.2, -0.15) is 13.2 Å². The van der Waals surface area contributed by atoms with Crippen LogP contribution in [0.4, 0.5) is 13.2 Å². The summed E-state index contributed by atoms with van der Waals surface area (Å²) in [4.78, 5) is 12.6. The van der Waals surface area contributed by atoms with Gasteiger partial charge in [0.1, 0.15) is 6.10 Å². The highest BCUT2D eigenvalue weighted by Gasteiger charge is 2.35. The molecule has 5 heteroatoms. The van der Waals surface area contributed by atoms with E-state index in [1.165, 1.54) is 13.0 Å². The standard InChI is InChI=1S/C16H21F3O2/c1-6-21-14(15(3,4)5)13(20)12-8-7-11(9-10(12)2)16(17,18)19/h7-9,14H,6H2,1-5H3. The first-order valence-electron chi connectivity index (χ1n) is 6.82. The Balaban J connectivity index is 3.18. The number of carbonyl (C=O) groups excluding carboxylic acids is 1. The van der Waals surface area contributed by atoms with Crippen molar-refractivity contribution in [2.45, 2.75) is 46.9 Å². The Morgan fingerprint density at radius 3 is 2.19 bits per heavy atom. The van der Waals surface area contributed by atoms with Gasteiger partial charge in [-0.3, -0.25) is 4.79 Å². The van der Waals surface area contributed by atoms with Crippen LogP contribution in [-0.4, -0.2) is 18.5 Å². The van der Waals surface area contributed by atoms with E-state index in [0.717, 1.165) is 12.1 Å². The maximum absolute atomic E-state index is 12.7. The molecule has 1 aromatic carbocycles. The Kier molecular flexibility index (Phi) is 5.20. The molecule has 118 valence electrons. The topological polar surface area (TPSA) is 26.3 Å². The van der Waals surface area contributed by atoms with Gasteiger partial charge >= 0.3 is 6.18 Å². The van der Waals surface area contributed by atoms with Gasteiger partial charge in [0.15, 0.2) is 5.78 Å². The summed E-state index contributed by atoms with van der Waals surface area (Å²) in [6, 6.07) is 3.17. The molecule has 0 aliphatic heterocycles. The van der Waals surface area contributed by atoms with Gasteiger partial charge in [-0.1, -0.05) is 26.8 Å². The van der Waals surface area contributed by atoms with E-state index in [0.29, 0.717) is 12.2 Å². The van der Waals surface area contributed by atoms with Crippen molar-refractivity contribution in [3.8, 4) is 0 Å². The largest absolute Gasteiger partial charge is 0.416 e. The Labute approximate surface area is 123 Å². The molecule has 0 heterocycles. The van der Waals surface area contributed by atoms with Crippen molar-refractivity contribution in [2.75, 3.05) is 6.61 Å². The predicted octanol–water partition coefficient (Wildman–Crippen LogP) is 4.65. The van der Waals surface area contributed by atoms with Crippen LogP contribution in [0, 0.1) is 12.3 Å². The quantitative estimate of drug-likeness (QED) is 0.757. The lowest BCUT2D eigenvalue weighted by Gasteiger charge is -2.29. The summed E-state index contributed by atoms with van der Waals surface area (Å²) >= 11 is 0. The second-order valence-corrected chi connectivity index (χ2v) is 6.09. The van der Waals surface area contributed by atoms with Crippen LogP contribution in [0.2, 0.25) is 0 Å². The van der Waals surface area contributed by atoms with E-state index in [-0.39, 0.29) is 11.3 Å². The second-order valence-electron chi connectivity index (χ2n) is 6.09. The summed E-state index contributed by atoms with van der Waals surface area (Å²) in [5, 5.41) is 0. The number of benzene rings is 1. The number of aryl methyl sites for hydroxylation is 1. The molecule has 0 N–H and O–H groups in total. The Morgan fingerprint density at radius 1 is 1.24 bits per heavy atom. The van der Waals surface area contributed by atoms with Crippen LogP contribution in [0.25, 0.3) is 0 Å². The Morgan fingerprint density at radius 2 is 1.81 bits per heavy atom. The molecule has 0 aliphatic rings. The molecule has 1 aromatic rings. The van der Waals surface area contributed by atoms with Crippen molar-refractivity contribution in [3.05, 3.63) is 34.9 Å². The minimum absolute atomic E-state index is 0.274. The number of ether oxygens (including phenoxy) is 1. The average molecular weight is 302 g/mol. The van der Waals surface area contributed by atoms with E-state index >= 15 is 0 Å². The molecule has 1 rings (SSSR count). The molecule has 0 radical (unpaired) electrons. The van der Waals surface area contributed by atoms with Crippen molar-refractivity contribution in [1.29, 1.82) is 0 Å². The fourth-order valence-electron chi connectivity index (χ4n) is 2.14. The van der Waals surface area contributed by atoms with Crippen LogP contribution < -0.4 is 0 Å². The van der Waals surface area contributed by atoms with E-state index in [1.54, 1.807) is 6.92 Å². The van der Waals surface area contributed by atoms with E-state index in [2.05, 4.69) is 0 Å². The van der Waals surface area contributed by atoms with E-state index in [4.69, 9.17) is 4.74 Å². The molecule has 1 unspecified atom stereocenters. The monoisotopic (exact) mass is 302 g/mol. The van der Waals surface area contributed by atoms with Crippen molar-refractivity contribution in [1.82, 2.24) is 0 Å². The van der Waals surface area contributed by atoms with Gasteiger partial charge in [-0.15, -0.1) is 0 Å². The van der Waals surface area contributed by atoms with Gasteiger partial charge in [-0.25, -0.2) is 0 Å². The smallest absolute Gasteiger partial charge is 0.370 e. The number of halogens is 3. The van der Waals surface area contributed by atoms with Crippen LogP contribution in [-0.2, 0) is 10.9 Å². The zero-order valence-electron chi connectivity index (χ0n) is 13.0. The summed E-state index contributed by atoms with van der Waals surface area (Å²) in [6.45, 7) is 9.26. The lowest BCUT2D eigenvalue weighted by atomic mass is 9.83. The minimum Gasteiger partial charge on any atom is -0.370 e. The number of ketones is 1. The highest BCUT2D eigenvalue weighted by molar-refractivity contribution is 6.01. The first-order chi connectivity index (χ1) is 9.48.